The first-order valence-electron chi connectivity index (χ1n) is 9.55. The molecule has 0 radical (unpaired) electrons. The largest absolute Gasteiger partial charge is 0.496 e. The molecule has 1 saturated heterocycles. The molecule has 1 fully saturated rings. The maximum Gasteiger partial charge on any atom is 0.243 e. The van der Waals surface area contributed by atoms with Crippen LogP contribution in [0.15, 0.2) is 59.8 Å². The number of nitrogens with zero attached hydrogens (tertiary/aromatic N) is 4. The third kappa shape index (κ3) is 4.48. The normalized spacial score (nSPS) is 15.1. The third-order valence-corrected chi connectivity index (χ3v) is 7.22. The zero-order valence-corrected chi connectivity index (χ0v) is 18.3. The summed E-state index contributed by atoms with van der Waals surface area (Å²) in [5, 5.41) is 0.376. The van der Waals surface area contributed by atoms with Crippen molar-refractivity contribution in [2.75, 3.05) is 38.2 Å². The van der Waals surface area contributed by atoms with E-state index in [0.717, 1.165) is 0 Å². The van der Waals surface area contributed by atoms with Gasteiger partial charge in [-0.25, -0.2) is 22.8 Å². The van der Waals surface area contributed by atoms with Gasteiger partial charge in [-0.2, -0.15) is 4.31 Å². The quantitative estimate of drug-likeness (QED) is 0.578. The van der Waals surface area contributed by atoms with E-state index >= 15 is 0 Å². The summed E-state index contributed by atoms with van der Waals surface area (Å²) in [4.78, 5) is 10.7. The minimum atomic E-state index is -3.62. The second-order valence-electron chi connectivity index (χ2n) is 6.95. The van der Waals surface area contributed by atoms with Crippen molar-refractivity contribution < 1.29 is 17.5 Å². The van der Waals surface area contributed by atoms with Gasteiger partial charge in [-0.05, 0) is 36.4 Å². The minimum Gasteiger partial charge on any atom is -0.496 e. The molecule has 0 amide bonds. The molecule has 31 heavy (non-hydrogen) atoms. The van der Waals surface area contributed by atoms with E-state index in [9.17, 15) is 12.8 Å². The lowest BCUT2D eigenvalue weighted by atomic mass is 10.1. The van der Waals surface area contributed by atoms with Crippen LogP contribution in [-0.2, 0) is 10.0 Å². The summed E-state index contributed by atoms with van der Waals surface area (Å²) < 4.78 is 46.3. The molecule has 3 aromatic rings. The summed E-state index contributed by atoms with van der Waals surface area (Å²) in [6, 6.07) is 12.2. The van der Waals surface area contributed by atoms with Crippen molar-refractivity contribution in [1.29, 1.82) is 0 Å². The lowest BCUT2D eigenvalue weighted by Crippen LogP contribution is -2.48. The van der Waals surface area contributed by atoms with Crippen LogP contribution in [0.4, 0.5) is 10.2 Å². The van der Waals surface area contributed by atoms with Crippen LogP contribution in [0, 0.1) is 5.82 Å². The Morgan fingerprint density at radius 1 is 1.03 bits per heavy atom. The van der Waals surface area contributed by atoms with Gasteiger partial charge in [0.05, 0.1) is 17.7 Å². The molecule has 162 valence electrons. The first kappa shape index (κ1) is 21.5. The Morgan fingerprint density at radius 3 is 2.52 bits per heavy atom. The van der Waals surface area contributed by atoms with Crippen molar-refractivity contribution in [3.8, 4) is 17.0 Å². The van der Waals surface area contributed by atoms with Crippen LogP contribution in [0.25, 0.3) is 11.3 Å². The number of benzene rings is 2. The van der Waals surface area contributed by atoms with E-state index in [-0.39, 0.29) is 4.90 Å². The number of hydrogen-bond acceptors (Lipinski definition) is 6. The van der Waals surface area contributed by atoms with Gasteiger partial charge >= 0.3 is 0 Å². The van der Waals surface area contributed by atoms with E-state index in [1.54, 1.807) is 24.3 Å². The third-order valence-electron chi connectivity index (χ3n) is 5.09. The van der Waals surface area contributed by atoms with Gasteiger partial charge in [0.15, 0.2) is 0 Å². The van der Waals surface area contributed by atoms with Crippen LogP contribution in [0.3, 0.4) is 0 Å². The number of halogens is 2. The SMILES string of the molecule is COc1ccc(F)cc1-c1cc(N2CCN(S(=O)(=O)c3cccc(Cl)c3)CC2)ncn1. The molecule has 7 nitrogen and oxygen atoms in total. The van der Waals surface area contributed by atoms with Crippen LogP contribution < -0.4 is 9.64 Å². The molecular weight excluding hydrogens is 443 g/mol. The zero-order valence-electron chi connectivity index (χ0n) is 16.7. The first-order chi connectivity index (χ1) is 14.9. The van der Waals surface area contributed by atoms with Gasteiger partial charge in [0.2, 0.25) is 10.0 Å². The number of piperazine rings is 1. The molecule has 0 saturated carbocycles. The number of aromatic nitrogens is 2. The molecular formula is C21H20ClFN4O3S. The molecule has 2 heterocycles. The van der Waals surface area contributed by atoms with Crippen molar-refractivity contribution in [3.63, 3.8) is 0 Å². The number of ether oxygens (including phenoxy) is 1. The van der Waals surface area contributed by atoms with Crippen molar-refractivity contribution in [2.24, 2.45) is 0 Å². The van der Waals surface area contributed by atoms with E-state index in [2.05, 4.69) is 9.97 Å². The van der Waals surface area contributed by atoms with Gasteiger partial charge in [0.25, 0.3) is 0 Å². The number of sulfonamides is 1. The molecule has 0 aliphatic carbocycles. The highest BCUT2D eigenvalue weighted by atomic mass is 35.5. The molecule has 1 aromatic heterocycles. The van der Waals surface area contributed by atoms with Gasteiger partial charge in [0.1, 0.15) is 23.7 Å². The van der Waals surface area contributed by atoms with Crippen molar-refractivity contribution >= 4 is 27.4 Å². The van der Waals surface area contributed by atoms with Crippen molar-refractivity contribution in [1.82, 2.24) is 14.3 Å². The van der Waals surface area contributed by atoms with Crippen molar-refractivity contribution in [3.05, 3.63) is 65.7 Å². The molecule has 0 unspecified atom stereocenters. The maximum absolute atomic E-state index is 13.8. The molecule has 0 atom stereocenters. The Morgan fingerprint density at radius 2 is 1.81 bits per heavy atom. The Hall–Kier alpha value is -2.75. The Bertz CT molecular complexity index is 1200. The Balaban J connectivity index is 1.52. The fourth-order valence-corrected chi connectivity index (χ4v) is 5.21. The molecule has 0 spiro atoms. The fraction of sp³-hybridized carbons (Fsp3) is 0.238. The lowest BCUT2D eigenvalue weighted by Gasteiger charge is -2.34. The van der Waals surface area contributed by atoms with Crippen LogP contribution >= 0.6 is 11.6 Å². The number of anilines is 1. The number of rotatable bonds is 5. The van der Waals surface area contributed by atoms with Gasteiger partial charge in [-0.3, -0.25) is 0 Å². The second-order valence-corrected chi connectivity index (χ2v) is 9.33. The minimum absolute atomic E-state index is 0.177. The summed E-state index contributed by atoms with van der Waals surface area (Å²) in [5.74, 6) is 0.746. The molecule has 0 N–H and O–H groups in total. The van der Waals surface area contributed by atoms with Gasteiger partial charge < -0.3 is 9.64 Å². The summed E-state index contributed by atoms with van der Waals surface area (Å²) in [7, 11) is -2.11. The van der Waals surface area contributed by atoms with Gasteiger partial charge in [-0.1, -0.05) is 17.7 Å². The van der Waals surface area contributed by atoms with Gasteiger partial charge in [0, 0.05) is 42.8 Å². The molecule has 10 heteroatoms. The van der Waals surface area contributed by atoms with Crippen LogP contribution in [0.2, 0.25) is 5.02 Å². The van der Waals surface area contributed by atoms with Gasteiger partial charge in [-0.15, -0.1) is 0 Å². The molecule has 2 aromatic carbocycles. The first-order valence-corrected chi connectivity index (χ1v) is 11.4. The summed E-state index contributed by atoms with van der Waals surface area (Å²) >= 11 is 5.95. The molecule has 4 rings (SSSR count). The Labute approximate surface area is 185 Å². The van der Waals surface area contributed by atoms with E-state index < -0.39 is 15.8 Å². The number of hydrogen-bond donors (Lipinski definition) is 0. The van der Waals surface area contributed by atoms with E-state index in [4.69, 9.17) is 16.3 Å². The highest BCUT2D eigenvalue weighted by Crippen LogP contribution is 2.31. The highest BCUT2D eigenvalue weighted by molar-refractivity contribution is 7.89. The zero-order chi connectivity index (χ0) is 22.0. The standard InChI is InChI=1S/C21H20ClFN4O3S/c1-30-20-6-5-16(23)12-18(20)19-13-21(25-14-24-19)26-7-9-27(10-8-26)31(28,29)17-4-2-3-15(22)11-17/h2-6,11-14H,7-10H2,1H3. The average molecular weight is 463 g/mol. The summed E-state index contributed by atoms with van der Waals surface area (Å²) in [6.45, 7) is 1.52. The lowest BCUT2D eigenvalue weighted by molar-refractivity contribution is 0.384. The van der Waals surface area contributed by atoms with Crippen LogP contribution in [0.5, 0.6) is 5.75 Å². The van der Waals surface area contributed by atoms with E-state index in [1.807, 2.05) is 4.90 Å². The van der Waals surface area contributed by atoms with Crippen LogP contribution in [-0.4, -0.2) is 56.0 Å². The van der Waals surface area contributed by atoms with E-state index in [1.165, 1.54) is 42.0 Å². The molecule has 0 bridgehead atoms. The summed E-state index contributed by atoms with van der Waals surface area (Å²) in [6.07, 6.45) is 1.41. The molecule has 1 aliphatic rings. The fourth-order valence-electron chi connectivity index (χ4n) is 3.48. The monoisotopic (exact) mass is 462 g/mol. The van der Waals surface area contributed by atoms with E-state index in [0.29, 0.717) is 54.0 Å². The summed E-state index contributed by atoms with van der Waals surface area (Å²) in [5.41, 5.74) is 1.05. The van der Waals surface area contributed by atoms with Crippen LogP contribution in [0.1, 0.15) is 0 Å². The number of methoxy groups -OCH3 is 1. The predicted molar refractivity (Wildman–Crippen MR) is 116 cm³/mol. The highest BCUT2D eigenvalue weighted by Gasteiger charge is 2.29. The predicted octanol–water partition coefficient (Wildman–Crippen LogP) is 3.46. The smallest absolute Gasteiger partial charge is 0.243 e. The topological polar surface area (TPSA) is 75.6 Å². The maximum atomic E-state index is 13.8. The Kier molecular flexibility index (Phi) is 6.08. The second kappa shape index (κ2) is 8.78. The average Bonchev–Trinajstić information content (AvgIpc) is 2.79. The molecule has 1 aliphatic heterocycles. The van der Waals surface area contributed by atoms with Crippen molar-refractivity contribution in [2.45, 2.75) is 4.90 Å².